The van der Waals surface area contributed by atoms with Crippen LogP contribution in [0.2, 0.25) is 0 Å². The standard InChI is InChI=1S/C14H15N3/c1-15-17-9-4-2-3-5-12-6-7-13-8-10-16-14(13)11-12/h2,4,6-11,16H,1,3,5H2/b4-2-,17-9-. The molecule has 0 atom stereocenters. The second kappa shape index (κ2) is 5.80. The highest BCUT2D eigenvalue weighted by Gasteiger charge is 1.95. The first-order valence-electron chi connectivity index (χ1n) is 5.60. The van der Waals surface area contributed by atoms with E-state index in [1.807, 2.05) is 12.3 Å². The molecule has 0 radical (unpaired) electrons. The molecule has 0 bridgehead atoms. The zero-order valence-corrected chi connectivity index (χ0v) is 9.63. The summed E-state index contributed by atoms with van der Waals surface area (Å²) in [4.78, 5) is 3.22. The zero-order chi connectivity index (χ0) is 11.9. The smallest absolute Gasteiger partial charge is 0.0492 e. The number of aromatic amines is 1. The van der Waals surface area contributed by atoms with E-state index in [2.05, 4.69) is 52.2 Å². The number of nitrogens with zero attached hydrogens (tertiary/aromatic N) is 2. The van der Waals surface area contributed by atoms with Crippen LogP contribution in [0, 0.1) is 0 Å². The quantitative estimate of drug-likeness (QED) is 0.599. The Morgan fingerprint density at radius 1 is 1.29 bits per heavy atom. The number of aryl methyl sites for hydroxylation is 1. The Morgan fingerprint density at radius 2 is 2.24 bits per heavy atom. The lowest BCUT2D eigenvalue weighted by molar-refractivity contribution is 1.00. The summed E-state index contributed by atoms with van der Waals surface area (Å²) in [5, 5.41) is 8.29. The van der Waals surface area contributed by atoms with Crippen LogP contribution in [-0.2, 0) is 6.42 Å². The van der Waals surface area contributed by atoms with Crippen LogP contribution >= 0.6 is 0 Å². The Balaban J connectivity index is 1.92. The number of H-pyrrole nitrogens is 1. The SMILES string of the molecule is C=N/N=C\C=C/CCc1ccc2cc[nH]c2c1. The number of aromatic nitrogens is 1. The molecule has 1 heterocycles. The molecule has 2 aromatic rings. The van der Waals surface area contributed by atoms with Crippen molar-refractivity contribution in [2.75, 3.05) is 0 Å². The molecule has 0 saturated carbocycles. The van der Waals surface area contributed by atoms with Crippen molar-refractivity contribution >= 4 is 23.8 Å². The van der Waals surface area contributed by atoms with Crippen LogP contribution in [0.4, 0.5) is 0 Å². The molecule has 3 nitrogen and oxygen atoms in total. The first-order chi connectivity index (χ1) is 8.40. The lowest BCUT2D eigenvalue weighted by atomic mass is 10.1. The van der Waals surface area contributed by atoms with Crippen molar-refractivity contribution < 1.29 is 0 Å². The van der Waals surface area contributed by atoms with Crippen molar-refractivity contribution in [3.8, 4) is 0 Å². The Hall–Kier alpha value is -2.16. The third-order valence-electron chi connectivity index (χ3n) is 2.59. The third kappa shape index (κ3) is 3.14. The lowest BCUT2D eigenvalue weighted by Crippen LogP contribution is -1.83. The molecule has 0 aliphatic rings. The summed E-state index contributed by atoms with van der Waals surface area (Å²) in [5.41, 5.74) is 2.53. The molecular formula is C14H15N3. The van der Waals surface area contributed by atoms with Gasteiger partial charge in [-0.1, -0.05) is 18.2 Å². The molecule has 2 rings (SSSR count). The Bertz CT molecular complexity index is 549. The van der Waals surface area contributed by atoms with Gasteiger partial charge in [0.1, 0.15) is 0 Å². The van der Waals surface area contributed by atoms with E-state index in [-0.39, 0.29) is 0 Å². The van der Waals surface area contributed by atoms with Crippen molar-refractivity contribution in [3.63, 3.8) is 0 Å². The number of hydrogen-bond donors (Lipinski definition) is 1. The molecule has 17 heavy (non-hydrogen) atoms. The maximum absolute atomic E-state index is 3.65. The van der Waals surface area contributed by atoms with E-state index >= 15 is 0 Å². The summed E-state index contributed by atoms with van der Waals surface area (Å²) in [5.74, 6) is 0. The number of benzene rings is 1. The summed E-state index contributed by atoms with van der Waals surface area (Å²) >= 11 is 0. The minimum Gasteiger partial charge on any atom is -0.361 e. The molecule has 3 heteroatoms. The van der Waals surface area contributed by atoms with Crippen LogP contribution in [0.1, 0.15) is 12.0 Å². The molecule has 0 aliphatic carbocycles. The molecule has 0 aliphatic heterocycles. The van der Waals surface area contributed by atoms with Gasteiger partial charge in [0.2, 0.25) is 0 Å². The predicted molar refractivity (Wildman–Crippen MR) is 73.8 cm³/mol. The highest BCUT2D eigenvalue weighted by molar-refractivity contribution is 5.79. The van der Waals surface area contributed by atoms with Gasteiger partial charge in [-0.15, -0.1) is 0 Å². The van der Waals surface area contributed by atoms with E-state index in [1.165, 1.54) is 16.5 Å². The highest BCUT2D eigenvalue weighted by Crippen LogP contribution is 2.15. The topological polar surface area (TPSA) is 40.5 Å². The van der Waals surface area contributed by atoms with Gasteiger partial charge >= 0.3 is 0 Å². The van der Waals surface area contributed by atoms with Crippen LogP contribution in [0.25, 0.3) is 10.9 Å². The van der Waals surface area contributed by atoms with Crippen molar-refractivity contribution in [1.82, 2.24) is 4.98 Å². The predicted octanol–water partition coefficient (Wildman–Crippen LogP) is 3.34. The van der Waals surface area contributed by atoms with E-state index in [0.29, 0.717) is 0 Å². The average molecular weight is 225 g/mol. The zero-order valence-electron chi connectivity index (χ0n) is 9.63. The molecule has 86 valence electrons. The number of nitrogens with one attached hydrogen (secondary N) is 1. The number of hydrogen-bond acceptors (Lipinski definition) is 2. The van der Waals surface area contributed by atoms with Gasteiger partial charge in [-0.3, -0.25) is 0 Å². The van der Waals surface area contributed by atoms with Crippen molar-refractivity contribution in [2.24, 2.45) is 10.2 Å². The molecule has 0 amide bonds. The summed E-state index contributed by atoms with van der Waals surface area (Å²) in [6.45, 7) is 3.26. The fourth-order valence-corrected chi connectivity index (χ4v) is 1.74. The monoisotopic (exact) mass is 225 g/mol. The lowest BCUT2D eigenvalue weighted by Gasteiger charge is -1.98. The van der Waals surface area contributed by atoms with Crippen molar-refractivity contribution in [3.05, 3.63) is 48.2 Å². The Labute approximate surface area is 101 Å². The summed E-state index contributed by atoms with van der Waals surface area (Å²) in [6.07, 6.45) is 9.60. The van der Waals surface area contributed by atoms with Gasteiger partial charge in [-0.25, -0.2) is 0 Å². The average Bonchev–Trinajstić information content (AvgIpc) is 2.81. The molecule has 0 saturated heterocycles. The molecule has 1 aromatic heterocycles. The van der Waals surface area contributed by atoms with E-state index in [0.717, 1.165) is 12.8 Å². The Kier molecular flexibility index (Phi) is 3.86. The van der Waals surface area contributed by atoms with Gasteiger partial charge in [0, 0.05) is 24.6 Å². The molecular weight excluding hydrogens is 210 g/mol. The second-order valence-corrected chi connectivity index (χ2v) is 3.77. The first kappa shape index (κ1) is 11.3. The van der Waals surface area contributed by atoms with E-state index in [9.17, 15) is 0 Å². The molecule has 0 unspecified atom stereocenters. The van der Waals surface area contributed by atoms with Crippen LogP contribution in [0.5, 0.6) is 0 Å². The maximum Gasteiger partial charge on any atom is 0.0492 e. The first-order valence-corrected chi connectivity index (χ1v) is 5.60. The molecule has 1 aromatic carbocycles. The van der Waals surface area contributed by atoms with Crippen LogP contribution in [0.3, 0.4) is 0 Å². The number of fused-ring (bicyclic) bond motifs is 1. The molecule has 1 N–H and O–H groups in total. The summed E-state index contributed by atoms with van der Waals surface area (Å²) in [6, 6.07) is 8.59. The van der Waals surface area contributed by atoms with Gasteiger partial charge in [0.05, 0.1) is 0 Å². The molecule has 0 fully saturated rings. The maximum atomic E-state index is 3.65. The normalized spacial score (nSPS) is 11.8. The summed E-state index contributed by atoms with van der Waals surface area (Å²) < 4.78 is 0. The minimum atomic E-state index is 0.995. The van der Waals surface area contributed by atoms with Gasteiger partial charge in [-0.2, -0.15) is 10.2 Å². The number of allylic oxidation sites excluding steroid dienone is 2. The van der Waals surface area contributed by atoms with Crippen LogP contribution < -0.4 is 0 Å². The van der Waals surface area contributed by atoms with Crippen LogP contribution in [-0.4, -0.2) is 17.9 Å². The van der Waals surface area contributed by atoms with Crippen LogP contribution in [0.15, 0.2) is 52.8 Å². The van der Waals surface area contributed by atoms with Crippen molar-refractivity contribution in [1.29, 1.82) is 0 Å². The third-order valence-corrected chi connectivity index (χ3v) is 2.59. The molecule has 0 spiro atoms. The van der Waals surface area contributed by atoms with Gasteiger partial charge in [0.15, 0.2) is 0 Å². The van der Waals surface area contributed by atoms with E-state index in [1.54, 1.807) is 6.21 Å². The minimum absolute atomic E-state index is 0.995. The fraction of sp³-hybridized carbons (Fsp3) is 0.143. The van der Waals surface area contributed by atoms with Gasteiger partial charge < -0.3 is 4.98 Å². The highest BCUT2D eigenvalue weighted by atomic mass is 15.2. The van der Waals surface area contributed by atoms with E-state index < -0.39 is 0 Å². The second-order valence-electron chi connectivity index (χ2n) is 3.77. The van der Waals surface area contributed by atoms with Gasteiger partial charge in [-0.05, 0) is 42.0 Å². The number of rotatable bonds is 5. The Morgan fingerprint density at radius 3 is 3.12 bits per heavy atom. The largest absolute Gasteiger partial charge is 0.361 e. The fourth-order valence-electron chi connectivity index (χ4n) is 1.74. The van der Waals surface area contributed by atoms with Crippen molar-refractivity contribution in [2.45, 2.75) is 12.8 Å². The van der Waals surface area contributed by atoms with E-state index in [4.69, 9.17) is 0 Å². The summed E-state index contributed by atoms with van der Waals surface area (Å²) in [7, 11) is 0. The van der Waals surface area contributed by atoms with Gasteiger partial charge in [0.25, 0.3) is 0 Å².